The van der Waals surface area contributed by atoms with Crippen molar-refractivity contribution in [3.8, 4) is 5.75 Å². The lowest BCUT2D eigenvalue weighted by Gasteiger charge is -2.18. The molecular formula is C18H21NO2. The zero-order chi connectivity index (χ0) is 14.5. The van der Waals surface area contributed by atoms with Crippen LogP contribution >= 0.6 is 0 Å². The molecule has 2 atom stereocenters. The fraction of sp³-hybridized carbons (Fsp3) is 0.333. The van der Waals surface area contributed by atoms with Gasteiger partial charge in [0.25, 0.3) is 0 Å². The van der Waals surface area contributed by atoms with Gasteiger partial charge in [0.15, 0.2) is 0 Å². The highest BCUT2D eigenvalue weighted by Gasteiger charge is 2.21. The van der Waals surface area contributed by atoms with Crippen LogP contribution in [0, 0.1) is 0 Å². The van der Waals surface area contributed by atoms with Gasteiger partial charge in [-0.1, -0.05) is 42.5 Å². The Balaban J connectivity index is 1.45. The van der Waals surface area contributed by atoms with Crippen LogP contribution in [0.1, 0.15) is 23.6 Å². The Morgan fingerprint density at radius 2 is 1.86 bits per heavy atom. The van der Waals surface area contributed by atoms with E-state index in [0.29, 0.717) is 19.2 Å². The summed E-state index contributed by atoms with van der Waals surface area (Å²) in [5.41, 5.74) is 2.79. The van der Waals surface area contributed by atoms with Crippen LogP contribution in [0.5, 0.6) is 5.75 Å². The zero-order valence-electron chi connectivity index (χ0n) is 12.0. The van der Waals surface area contributed by atoms with Gasteiger partial charge in [-0.15, -0.1) is 0 Å². The molecule has 2 aromatic rings. The first kappa shape index (κ1) is 14.1. The largest absolute Gasteiger partial charge is 0.491 e. The van der Waals surface area contributed by atoms with Crippen molar-refractivity contribution in [2.45, 2.75) is 25.0 Å². The van der Waals surface area contributed by atoms with Crippen LogP contribution in [0.25, 0.3) is 0 Å². The first-order valence-electron chi connectivity index (χ1n) is 7.50. The van der Waals surface area contributed by atoms with Crippen molar-refractivity contribution < 1.29 is 9.84 Å². The quantitative estimate of drug-likeness (QED) is 0.856. The molecule has 1 aliphatic rings. The molecule has 21 heavy (non-hydrogen) atoms. The molecule has 3 nitrogen and oxygen atoms in total. The van der Waals surface area contributed by atoms with Crippen LogP contribution in [0.4, 0.5) is 0 Å². The number of aryl methyl sites for hydroxylation is 1. The lowest BCUT2D eigenvalue weighted by Crippen LogP contribution is -2.33. The van der Waals surface area contributed by atoms with E-state index in [1.807, 2.05) is 30.3 Å². The van der Waals surface area contributed by atoms with Crippen LogP contribution in [0.2, 0.25) is 0 Å². The Labute approximate surface area is 125 Å². The van der Waals surface area contributed by atoms with Crippen molar-refractivity contribution in [1.82, 2.24) is 5.32 Å². The molecule has 0 bridgehead atoms. The molecular weight excluding hydrogens is 262 g/mol. The number of nitrogens with one attached hydrogen (secondary N) is 1. The third-order valence-corrected chi connectivity index (χ3v) is 3.92. The summed E-state index contributed by atoms with van der Waals surface area (Å²) in [6.07, 6.45) is 1.72. The van der Waals surface area contributed by atoms with E-state index in [9.17, 15) is 5.11 Å². The van der Waals surface area contributed by atoms with Gasteiger partial charge in [-0.05, 0) is 36.1 Å². The average molecular weight is 283 g/mol. The number of aliphatic hydroxyl groups is 1. The number of para-hydroxylation sites is 1. The van der Waals surface area contributed by atoms with E-state index >= 15 is 0 Å². The van der Waals surface area contributed by atoms with Crippen molar-refractivity contribution in [3.05, 3.63) is 65.7 Å². The molecule has 0 radical (unpaired) electrons. The molecule has 3 heteroatoms. The molecule has 0 saturated carbocycles. The summed E-state index contributed by atoms with van der Waals surface area (Å²) in [6, 6.07) is 18.5. The molecule has 0 aliphatic heterocycles. The SMILES string of the molecule is O[C@H](CN[C@@H]1CCc2ccccc21)COc1ccccc1. The summed E-state index contributed by atoms with van der Waals surface area (Å²) in [5, 5.41) is 13.5. The first-order valence-corrected chi connectivity index (χ1v) is 7.50. The third kappa shape index (κ3) is 3.63. The number of ether oxygens (including phenoxy) is 1. The van der Waals surface area contributed by atoms with Gasteiger partial charge in [0.2, 0.25) is 0 Å². The number of hydrogen-bond acceptors (Lipinski definition) is 3. The molecule has 0 fully saturated rings. The fourth-order valence-corrected chi connectivity index (χ4v) is 2.82. The van der Waals surface area contributed by atoms with Crippen LogP contribution in [0.3, 0.4) is 0 Å². The van der Waals surface area contributed by atoms with Gasteiger partial charge in [0.1, 0.15) is 18.5 Å². The van der Waals surface area contributed by atoms with Gasteiger partial charge in [0, 0.05) is 12.6 Å². The Kier molecular flexibility index (Phi) is 4.53. The second-order valence-electron chi connectivity index (χ2n) is 5.48. The van der Waals surface area contributed by atoms with Crippen LogP contribution < -0.4 is 10.1 Å². The summed E-state index contributed by atoms with van der Waals surface area (Å²) in [4.78, 5) is 0. The normalized spacial score (nSPS) is 18.2. The van der Waals surface area contributed by atoms with E-state index in [1.165, 1.54) is 11.1 Å². The van der Waals surface area contributed by atoms with Gasteiger partial charge in [-0.25, -0.2) is 0 Å². The summed E-state index contributed by atoms with van der Waals surface area (Å²) in [5.74, 6) is 0.794. The van der Waals surface area contributed by atoms with Crippen molar-refractivity contribution in [2.24, 2.45) is 0 Å². The second-order valence-corrected chi connectivity index (χ2v) is 5.48. The molecule has 0 aromatic heterocycles. The molecule has 0 amide bonds. The smallest absolute Gasteiger partial charge is 0.119 e. The van der Waals surface area contributed by atoms with E-state index in [-0.39, 0.29) is 0 Å². The van der Waals surface area contributed by atoms with Crippen LogP contribution in [-0.2, 0) is 6.42 Å². The molecule has 0 saturated heterocycles. The van der Waals surface area contributed by atoms with Gasteiger partial charge in [0.05, 0.1) is 0 Å². The lowest BCUT2D eigenvalue weighted by atomic mass is 10.1. The first-order chi connectivity index (χ1) is 10.3. The van der Waals surface area contributed by atoms with Gasteiger partial charge in [-0.3, -0.25) is 0 Å². The highest BCUT2D eigenvalue weighted by molar-refractivity contribution is 5.34. The van der Waals surface area contributed by atoms with E-state index < -0.39 is 6.10 Å². The van der Waals surface area contributed by atoms with E-state index in [2.05, 4.69) is 29.6 Å². The van der Waals surface area contributed by atoms with Crippen molar-refractivity contribution >= 4 is 0 Å². The topological polar surface area (TPSA) is 41.5 Å². The van der Waals surface area contributed by atoms with Crippen molar-refractivity contribution in [1.29, 1.82) is 0 Å². The number of aliphatic hydroxyl groups excluding tert-OH is 1. The molecule has 2 aromatic carbocycles. The summed E-state index contributed by atoms with van der Waals surface area (Å²) in [6.45, 7) is 0.858. The number of hydrogen-bond donors (Lipinski definition) is 2. The third-order valence-electron chi connectivity index (χ3n) is 3.92. The van der Waals surface area contributed by atoms with Gasteiger partial charge in [-0.2, -0.15) is 0 Å². The van der Waals surface area contributed by atoms with Crippen LogP contribution in [-0.4, -0.2) is 24.4 Å². The minimum Gasteiger partial charge on any atom is -0.491 e. The number of benzene rings is 2. The van der Waals surface area contributed by atoms with Gasteiger partial charge < -0.3 is 15.2 Å². The summed E-state index contributed by atoms with van der Waals surface area (Å²) < 4.78 is 5.56. The van der Waals surface area contributed by atoms with Gasteiger partial charge >= 0.3 is 0 Å². The maximum atomic E-state index is 10.0. The Bertz CT molecular complexity index is 570. The Morgan fingerprint density at radius 3 is 2.71 bits per heavy atom. The molecule has 2 N–H and O–H groups in total. The molecule has 0 spiro atoms. The number of fused-ring (bicyclic) bond motifs is 1. The minimum absolute atomic E-state index is 0.311. The molecule has 3 rings (SSSR count). The van der Waals surface area contributed by atoms with E-state index in [4.69, 9.17) is 4.74 Å². The van der Waals surface area contributed by atoms with Crippen molar-refractivity contribution in [3.63, 3.8) is 0 Å². The second kappa shape index (κ2) is 6.74. The molecule has 0 unspecified atom stereocenters. The summed E-state index contributed by atoms with van der Waals surface area (Å²) in [7, 11) is 0. The molecule has 0 heterocycles. The lowest BCUT2D eigenvalue weighted by molar-refractivity contribution is 0.103. The predicted molar refractivity (Wildman–Crippen MR) is 83.5 cm³/mol. The minimum atomic E-state index is -0.502. The van der Waals surface area contributed by atoms with Crippen molar-refractivity contribution in [2.75, 3.05) is 13.2 Å². The monoisotopic (exact) mass is 283 g/mol. The Morgan fingerprint density at radius 1 is 1.10 bits per heavy atom. The number of rotatable bonds is 6. The zero-order valence-corrected chi connectivity index (χ0v) is 12.0. The summed E-state index contributed by atoms with van der Waals surface area (Å²) >= 11 is 0. The van der Waals surface area contributed by atoms with Crippen LogP contribution in [0.15, 0.2) is 54.6 Å². The maximum absolute atomic E-state index is 10.0. The molecule has 110 valence electrons. The maximum Gasteiger partial charge on any atom is 0.119 e. The average Bonchev–Trinajstić information content (AvgIpc) is 2.95. The van der Waals surface area contributed by atoms with E-state index in [1.54, 1.807) is 0 Å². The standard InChI is InChI=1S/C18H21NO2/c20-15(13-21-16-7-2-1-3-8-16)12-19-18-11-10-14-6-4-5-9-17(14)18/h1-9,15,18-20H,10-13H2/t15-,18-/m1/s1. The highest BCUT2D eigenvalue weighted by Crippen LogP contribution is 2.30. The predicted octanol–water partition coefficient (Wildman–Crippen LogP) is 2.70. The highest BCUT2D eigenvalue weighted by atomic mass is 16.5. The van der Waals surface area contributed by atoms with E-state index in [0.717, 1.165) is 18.6 Å². The fourth-order valence-electron chi connectivity index (χ4n) is 2.82. The Hall–Kier alpha value is -1.84. The molecule has 1 aliphatic carbocycles.